The molecule has 1 aliphatic carbocycles. The van der Waals surface area contributed by atoms with Gasteiger partial charge in [-0.25, -0.2) is 4.98 Å². The number of carbonyl (C=O) groups excluding carboxylic acids is 1. The van der Waals surface area contributed by atoms with Gasteiger partial charge in [0.25, 0.3) is 0 Å². The molecule has 0 fully saturated rings. The van der Waals surface area contributed by atoms with Crippen LogP contribution in [0.3, 0.4) is 0 Å². The van der Waals surface area contributed by atoms with Crippen molar-refractivity contribution in [2.75, 3.05) is 10.6 Å². The Kier molecular flexibility index (Phi) is 4.39. The minimum absolute atomic E-state index is 0.0943. The van der Waals surface area contributed by atoms with Crippen LogP contribution in [0.1, 0.15) is 35.1 Å². The maximum Gasteiger partial charge on any atom is 0.167 e. The Labute approximate surface area is 170 Å². The summed E-state index contributed by atoms with van der Waals surface area (Å²) in [5.41, 5.74) is 6.52. The van der Waals surface area contributed by atoms with Crippen molar-refractivity contribution in [3.05, 3.63) is 102 Å². The molecular weight excluding hydrogens is 358 g/mol. The molecule has 0 spiro atoms. The lowest BCUT2D eigenvalue weighted by atomic mass is 9.76. The molecular formula is C25H24N3O+. The molecule has 2 aliphatic rings. The minimum Gasteiger partial charge on any atom is -0.375 e. The summed E-state index contributed by atoms with van der Waals surface area (Å²) >= 11 is 0. The summed E-state index contributed by atoms with van der Waals surface area (Å²) in [6.45, 7) is 2.08. The summed E-state index contributed by atoms with van der Waals surface area (Å²) in [6.07, 6.45) is 6.59. The van der Waals surface area contributed by atoms with Gasteiger partial charge in [0.15, 0.2) is 12.4 Å². The van der Waals surface area contributed by atoms with E-state index < -0.39 is 0 Å². The maximum atomic E-state index is 13.4. The zero-order chi connectivity index (χ0) is 19.8. The lowest BCUT2D eigenvalue weighted by Crippen LogP contribution is -2.34. The molecule has 0 saturated heterocycles. The molecule has 0 bridgehead atoms. The number of fused-ring (bicyclic) bond motifs is 2. The van der Waals surface area contributed by atoms with E-state index >= 15 is 0 Å². The second-order valence-corrected chi connectivity index (χ2v) is 7.91. The maximum absolute atomic E-state index is 13.4. The first-order chi connectivity index (χ1) is 14.2. The van der Waals surface area contributed by atoms with Crippen molar-refractivity contribution in [2.45, 2.75) is 25.3 Å². The van der Waals surface area contributed by atoms with Gasteiger partial charge in [-0.3, -0.25) is 4.79 Å². The van der Waals surface area contributed by atoms with Crippen molar-refractivity contribution in [2.24, 2.45) is 5.92 Å². The third-order valence-corrected chi connectivity index (χ3v) is 5.94. The number of hydrogen-bond acceptors (Lipinski definition) is 3. The fraction of sp³-hybridized carbons (Fsp3) is 0.200. The van der Waals surface area contributed by atoms with Crippen LogP contribution >= 0.6 is 0 Å². The molecule has 144 valence electrons. The van der Waals surface area contributed by atoms with Crippen LogP contribution in [0, 0.1) is 12.8 Å². The predicted molar refractivity (Wildman–Crippen MR) is 115 cm³/mol. The van der Waals surface area contributed by atoms with E-state index in [-0.39, 0.29) is 23.7 Å². The minimum atomic E-state index is -0.244. The standard InChI is InChI=1S/C25H23N3O/c1-16-6-8-17(9-7-16)19-14-22-24(23(29)15-19)25(18-10-12-26-13-11-18)28-21-5-3-2-4-20(21)27-22/h2-14,19,24-25,27-28H,15H2,1H3/p+1. The van der Waals surface area contributed by atoms with Crippen LogP contribution in [-0.4, -0.2) is 5.78 Å². The van der Waals surface area contributed by atoms with Crippen molar-refractivity contribution in [3.8, 4) is 0 Å². The van der Waals surface area contributed by atoms with E-state index in [1.807, 2.05) is 36.7 Å². The van der Waals surface area contributed by atoms with Gasteiger partial charge < -0.3 is 10.6 Å². The number of rotatable bonds is 2. The van der Waals surface area contributed by atoms with Crippen LogP contribution in [0.5, 0.6) is 0 Å². The van der Waals surface area contributed by atoms with Crippen LogP contribution in [0.15, 0.2) is 84.8 Å². The SMILES string of the molecule is Cc1ccc(C2C=C3Nc4ccccc4NC(c4cc[nH+]cc4)C3C(=O)C2)cc1. The Bertz CT molecular complexity index is 1070. The van der Waals surface area contributed by atoms with Gasteiger partial charge in [-0.2, -0.15) is 0 Å². The van der Waals surface area contributed by atoms with Crippen molar-refractivity contribution in [1.29, 1.82) is 0 Å². The van der Waals surface area contributed by atoms with E-state index in [0.717, 1.165) is 22.6 Å². The molecule has 3 N–H and O–H groups in total. The molecule has 2 heterocycles. The topological polar surface area (TPSA) is 55.3 Å². The Balaban J connectivity index is 1.61. The lowest BCUT2D eigenvalue weighted by molar-refractivity contribution is -0.378. The Hall–Kier alpha value is -3.40. The van der Waals surface area contributed by atoms with Gasteiger partial charge in [-0.1, -0.05) is 48.0 Å². The summed E-state index contributed by atoms with van der Waals surface area (Å²) < 4.78 is 0. The van der Waals surface area contributed by atoms with E-state index in [1.54, 1.807) is 0 Å². The number of benzene rings is 2. The molecule has 1 aromatic heterocycles. The van der Waals surface area contributed by atoms with Crippen molar-refractivity contribution >= 4 is 17.2 Å². The predicted octanol–water partition coefficient (Wildman–Crippen LogP) is 4.64. The Morgan fingerprint density at radius 3 is 2.38 bits per heavy atom. The number of allylic oxidation sites excluding steroid dienone is 1. The molecule has 3 atom stereocenters. The fourth-order valence-electron chi connectivity index (χ4n) is 4.42. The lowest BCUT2D eigenvalue weighted by Gasteiger charge is -2.32. The van der Waals surface area contributed by atoms with Gasteiger partial charge in [-0.15, -0.1) is 0 Å². The van der Waals surface area contributed by atoms with Crippen LogP contribution in [0.4, 0.5) is 11.4 Å². The largest absolute Gasteiger partial charge is 0.375 e. The average Bonchev–Trinajstić information content (AvgIpc) is 2.92. The van der Waals surface area contributed by atoms with E-state index in [2.05, 4.69) is 65.0 Å². The highest BCUT2D eigenvalue weighted by Gasteiger charge is 2.39. The second kappa shape index (κ2) is 7.21. The number of hydrogen-bond donors (Lipinski definition) is 2. The molecule has 0 saturated carbocycles. The fourth-order valence-corrected chi connectivity index (χ4v) is 4.42. The average molecular weight is 382 g/mol. The highest BCUT2D eigenvalue weighted by Crippen LogP contribution is 2.44. The van der Waals surface area contributed by atoms with Crippen LogP contribution in [-0.2, 0) is 4.79 Å². The van der Waals surface area contributed by atoms with Gasteiger partial charge in [-0.05, 0) is 30.2 Å². The molecule has 3 aromatic rings. The number of Topliss-reactive ketones (excluding diaryl/α,β-unsaturated/α-hetero) is 1. The normalized spacial score (nSPS) is 23.0. The zero-order valence-corrected chi connectivity index (χ0v) is 16.4. The summed E-state index contributed by atoms with van der Waals surface area (Å²) in [7, 11) is 0. The van der Waals surface area contributed by atoms with Crippen LogP contribution in [0.2, 0.25) is 0 Å². The van der Waals surface area contributed by atoms with Gasteiger partial charge in [0.05, 0.1) is 23.3 Å². The van der Waals surface area contributed by atoms with Crippen molar-refractivity contribution in [1.82, 2.24) is 0 Å². The van der Waals surface area contributed by atoms with E-state index in [1.165, 1.54) is 11.1 Å². The third-order valence-electron chi connectivity index (χ3n) is 5.94. The number of pyridine rings is 1. The van der Waals surface area contributed by atoms with E-state index in [0.29, 0.717) is 6.42 Å². The molecule has 4 nitrogen and oxygen atoms in total. The number of nitrogens with one attached hydrogen (secondary N) is 3. The highest BCUT2D eigenvalue weighted by molar-refractivity contribution is 5.90. The molecule has 5 rings (SSSR count). The number of carbonyl (C=O) groups is 1. The summed E-state index contributed by atoms with van der Waals surface area (Å²) in [5.74, 6) is 0.113. The zero-order valence-electron chi connectivity index (χ0n) is 16.4. The smallest absolute Gasteiger partial charge is 0.167 e. The molecule has 29 heavy (non-hydrogen) atoms. The molecule has 0 amide bonds. The summed E-state index contributed by atoms with van der Waals surface area (Å²) in [5, 5.41) is 7.20. The quantitative estimate of drug-likeness (QED) is 0.679. The van der Waals surface area contributed by atoms with Crippen molar-refractivity contribution < 1.29 is 9.78 Å². The molecule has 2 aromatic carbocycles. The third kappa shape index (κ3) is 3.31. The number of ketones is 1. The van der Waals surface area contributed by atoms with Gasteiger partial charge in [0.1, 0.15) is 5.78 Å². The van der Waals surface area contributed by atoms with Crippen molar-refractivity contribution in [3.63, 3.8) is 0 Å². The van der Waals surface area contributed by atoms with Crippen LogP contribution in [0.25, 0.3) is 0 Å². The van der Waals surface area contributed by atoms with E-state index in [9.17, 15) is 4.79 Å². The first kappa shape index (κ1) is 17.7. The van der Waals surface area contributed by atoms with Gasteiger partial charge in [0.2, 0.25) is 0 Å². The van der Waals surface area contributed by atoms with Gasteiger partial charge >= 0.3 is 0 Å². The monoisotopic (exact) mass is 382 g/mol. The Morgan fingerprint density at radius 2 is 1.62 bits per heavy atom. The summed E-state index contributed by atoms with van der Waals surface area (Å²) in [6, 6.07) is 20.6. The number of aromatic amines is 1. The van der Waals surface area contributed by atoms with Crippen LogP contribution < -0.4 is 15.6 Å². The van der Waals surface area contributed by atoms with Gasteiger partial charge in [0, 0.05) is 30.2 Å². The first-order valence-corrected chi connectivity index (χ1v) is 10.1. The Morgan fingerprint density at radius 1 is 0.897 bits per heavy atom. The number of aromatic nitrogens is 1. The number of H-pyrrole nitrogens is 1. The summed E-state index contributed by atoms with van der Waals surface area (Å²) in [4.78, 5) is 16.5. The number of para-hydroxylation sites is 2. The highest BCUT2D eigenvalue weighted by atomic mass is 16.1. The molecule has 4 heteroatoms. The number of aryl methyl sites for hydroxylation is 1. The molecule has 0 radical (unpaired) electrons. The van der Waals surface area contributed by atoms with E-state index in [4.69, 9.17) is 0 Å². The number of anilines is 2. The molecule has 1 aliphatic heterocycles. The second-order valence-electron chi connectivity index (χ2n) is 7.91. The first-order valence-electron chi connectivity index (χ1n) is 10.1. The molecule has 3 unspecified atom stereocenters.